The van der Waals surface area contributed by atoms with Gasteiger partial charge in [0.05, 0.1) is 29.6 Å². The molecule has 9 heteroatoms. The smallest absolute Gasteiger partial charge is 0.410 e. The van der Waals surface area contributed by atoms with Gasteiger partial charge in [-0.3, -0.25) is 0 Å². The number of piperidine rings is 1. The number of hydrogen-bond donors (Lipinski definition) is 1. The molecule has 1 amide bonds. The van der Waals surface area contributed by atoms with Crippen molar-refractivity contribution >= 4 is 27.5 Å². The first-order valence-corrected chi connectivity index (χ1v) is 12.0. The maximum absolute atomic E-state index is 12.4. The summed E-state index contributed by atoms with van der Waals surface area (Å²) in [7, 11) is -3.39. The first-order valence-electron chi connectivity index (χ1n) is 9.28. The van der Waals surface area contributed by atoms with Gasteiger partial charge in [0, 0.05) is 30.0 Å². The van der Waals surface area contributed by atoms with Crippen molar-refractivity contribution < 1.29 is 17.9 Å². The number of benzene rings is 1. The lowest BCUT2D eigenvalue weighted by Crippen LogP contribution is -2.57. The first-order chi connectivity index (χ1) is 13.4. The summed E-state index contributed by atoms with van der Waals surface area (Å²) in [6.45, 7) is 2.58. The zero-order chi connectivity index (χ0) is 20.1. The van der Waals surface area contributed by atoms with Crippen LogP contribution in [0.3, 0.4) is 0 Å². The van der Waals surface area contributed by atoms with Gasteiger partial charge in [0.1, 0.15) is 0 Å². The number of thiazole rings is 1. The van der Waals surface area contributed by atoms with Crippen LogP contribution in [-0.2, 0) is 21.2 Å². The van der Waals surface area contributed by atoms with E-state index in [1.807, 2.05) is 35.7 Å². The second kappa shape index (κ2) is 9.02. The first kappa shape index (κ1) is 20.8. The van der Waals surface area contributed by atoms with Gasteiger partial charge in [0.2, 0.25) is 10.0 Å². The van der Waals surface area contributed by atoms with Crippen LogP contribution >= 0.6 is 11.3 Å². The summed E-state index contributed by atoms with van der Waals surface area (Å²) >= 11 is 1.52. The molecule has 28 heavy (non-hydrogen) atoms. The Hall–Kier alpha value is -1.97. The van der Waals surface area contributed by atoms with E-state index in [2.05, 4.69) is 4.72 Å². The largest absolute Gasteiger partial charge is 0.450 e. The number of carbonyl (C=O) groups excluding carboxylic acids is 1. The van der Waals surface area contributed by atoms with Crippen LogP contribution < -0.4 is 4.72 Å². The van der Waals surface area contributed by atoms with E-state index in [4.69, 9.17) is 9.72 Å². The molecule has 152 valence electrons. The zero-order valence-electron chi connectivity index (χ0n) is 16.0. The molecule has 2 atom stereocenters. The fourth-order valence-corrected chi connectivity index (χ4v) is 5.16. The number of nitrogens with one attached hydrogen (secondary N) is 1. The molecule has 0 radical (unpaired) electrons. The molecule has 0 aliphatic carbocycles. The Bertz CT molecular complexity index is 899. The fourth-order valence-electron chi connectivity index (χ4n) is 3.48. The minimum atomic E-state index is -3.39. The summed E-state index contributed by atoms with van der Waals surface area (Å²) in [6, 6.07) is 9.18. The molecule has 1 saturated heterocycles. The summed E-state index contributed by atoms with van der Waals surface area (Å²) in [6.07, 6.45) is 2.60. The van der Waals surface area contributed by atoms with E-state index in [9.17, 15) is 13.2 Å². The second-order valence-electron chi connectivity index (χ2n) is 6.80. The molecule has 0 unspecified atom stereocenters. The molecule has 2 heterocycles. The Morgan fingerprint density at radius 3 is 2.79 bits per heavy atom. The van der Waals surface area contributed by atoms with Gasteiger partial charge in [-0.25, -0.2) is 22.9 Å². The van der Waals surface area contributed by atoms with Crippen molar-refractivity contribution in [3.8, 4) is 11.3 Å². The number of amides is 1. The summed E-state index contributed by atoms with van der Waals surface area (Å²) in [4.78, 5) is 18.8. The Morgan fingerprint density at radius 1 is 1.36 bits per heavy atom. The number of likely N-dealkylation sites (tertiary alicyclic amines) is 1. The average Bonchev–Trinajstić information content (AvgIpc) is 3.11. The number of nitrogens with zero attached hydrogens (tertiary/aromatic N) is 2. The van der Waals surface area contributed by atoms with Crippen LogP contribution in [-0.4, -0.2) is 55.9 Å². The van der Waals surface area contributed by atoms with Crippen molar-refractivity contribution in [1.82, 2.24) is 14.6 Å². The predicted molar refractivity (Wildman–Crippen MR) is 110 cm³/mol. The van der Waals surface area contributed by atoms with Crippen molar-refractivity contribution in [3.63, 3.8) is 0 Å². The van der Waals surface area contributed by atoms with Crippen LogP contribution in [0.5, 0.6) is 0 Å². The molecule has 7 nitrogen and oxygen atoms in total. The van der Waals surface area contributed by atoms with E-state index in [0.717, 1.165) is 28.9 Å². The standard InChI is InChI=1S/C19H25N3O4S2/c1-3-26-19(23)22-11-7-10-15(21-28(2,24)25)17(22)12-18-20-16(13-27-18)14-8-5-4-6-9-14/h4-6,8-9,13,15,17,21H,3,7,10-12H2,1-2H3/t15-,17-/m0/s1. The molecule has 1 aromatic heterocycles. The molecule has 1 N–H and O–H groups in total. The predicted octanol–water partition coefficient (Wildman–Crippen LogP) is 2.89. The van der Waals surface area contributed by atoms with Crippen LogP contribution in [0.1, 0.15) is 24.8 Å². The van der Waals surface area contributed by atoms with Crippen LogP contribution in [0, 0.1) is 0 Å². The van der Waals surface area contributed by atoms with Gasteiger partial charge < -0.3 is 9.64 Å². The van der Waals surface area contributed by atoms with Crippen molar-refractivity contribution in [2.24, 2.45) is 0 Å². The SMILES string of the molecule is CCOC(=O)N1CCC[C@H](NS(C)(=O)=O)[C@@H]1Cc1nc(-c2ccccc2)cs1. The Kier molecular flexibility index (Phi) is 6.69. The third-order valence-electron chi connectivity index (χ3n) is 4.65. The minimum Gasteiger partial charge on any atom is -0.450 e. The van der Waals surface area contributed by atoms with Gasteiger partial charge >= 0.3 is 6.09 Å². The molecular weight excluding hydrogens is 398 g/mol. The highest BCUT2D eigenvalue weighted by atomic mass is 32.2. The molecule has 0 saturated carbocycles. The molecule has 0 spiro atoms. The monoisotopic (exact) mass is 423 g/mol. The van der Waals surface area contributed by atoms with Gasteiger partial charge in [-0.15, -0.1) is 11.3 Å². The zero-order valence-corrected chi connectivity index (χ0v) is 17.6. The van der Waals surface area contributed by atoms with Crippen LogP contribution in [0.4, 0.5) is 4.79 Å². The van der Waals surface area contributed by atoms with Gasteiger partial charge in [0.25, 0.3) is 0 Å². The third-order valence-corrected chi connectivity index (χ3v) is 6.25. The number of ether oxygens (including phenoxy) is 1. The van der Waals surface area contributed by atoms with Crippen LogP contribution in [0.25, 0.3) is 11.3 Å². The van der Waals surface area contributed by atoms with E-state index in [-0.39, 0.29) is 18.7 Å². The maximum Gasteiger partial charge on any atom is 0.410 e. The molecule has 1 aromatic carbocycles. The lowest BCUT2D eigenvalue weighted by atomic mass is 9.95. The van der Waals surface area contributed by atoms with E-state index in [1.165, 1.54) is 11.3 Å². The van der Waals surface area contributed by atoms with Crippen molar-refractivity contribution in [3.05, 3.63) is 40.7 Å². The highest BCUT2D eigenvalue weighted by molar-refractivity contribution is 7.88. The maximum atomic E-state index is 12.4. The van der Waals surface area contributed by atoms with Gasteiger partial charge in [-0.2, -0.15) is 0 Å². The molecule has 3 rings (SSSR count). The minimum absolute atomic E-state index is 0.279. The highest BCUT2D eigenvalue weighted by Gasteiger charge is 2.37. The van der Waals surface area contributed by atoms with Crippen molar-refractivity contribution in [2.45, 2.75) is 38.3 Å². The number of sulfonamides is 1. The summed E-state index contributed by atoms with van der Waals surface area (Å²) in [5.74, 6) is 0. The molecule has 1 aliphatic heterocycles. The number of carbonyl (C=O) groups is 1. The summed E-state index contributed by atoms with van der Waals surface area (Å²) in [5, 5.41) is 2.85. The van der Waals surface area contributed by atoms with Crippen molar-refractivity contribution in [1.29, 1.82) is 0 Å². The van der Waals surface area contributed by atoms with Gasteiger partial charge in [0.15, 0.2) is 0 Å². The van der Waals surface area contributed by atoms with E-state index in [1.54, 1.807) is 11.8 Å². The number of hydrogen-bond acceptors (Lipinski definition) is 6. The lowest BCUT2D eigenvalue weighted by molar-refractivity contribution is 0.0678. The molecule has 2 aromatic rings. The van der Waals surface area contributed by atoms with E-state index in [0.29, 0.717) is 19.4 Å². The quantitative estimate of drug-likeness (QED) is 0.772. The highest BCUT2D eigenvalue weighted by Crippen LogP contribution is 2.27. The average molecular weight is 424 g/mol. The van der Waals surface area contributed by atoms with Crippen LogP contribution in [0.15, 0.2) is 35.7 Å². The molecule has 0 bridgehead atoms. The normalized spacial score (nSPS) is 20.1. The molecular formula is C19H25N3O4S2. The Labute approximate surface area is 169 Å². The number of aromatic nitrogens is 1. The molecule has 1 aliphatic rings. The Balaban J connectivity index is 1.84. The Morgan fingerprint density at radius 2 is 2.11 bits per heavy atom. The summed E-state index contributed by atoms with van der Waals surface area (Å²) < 4.78 is 31.5. The second-order valence-corrected chi connectivity index (χ2v) is 9.52. The molecule has 1 fully saturated rings. The van der Waals surface area contributed by atoms with E-state index < -0.39 is 16.1 Å². The fraction of sp³-hybridized carbons (Fsp3) is 0.474. The summed E-state index contributed by atoms with van der Waals surface area (Å²) in [5.41, 5.74) is 1.91. The lowest BCUT2D eigenvalue weighted by Gasteiger charge is -2.40. The number of rotatable bonds is 6. The third kappa shape index (κ3) is 5.30. The van der Waals surface area contributed by atoms with Gasteiger partial charge in [-0.1, -0.05) is 30.3 Å². The van der Waals surface area contributed by atoms with Gasteiger partial charge in [-0.05, 0) is 19.8 Å². The van der Waals surface area contributed by atoms with Crippen LogP contribution in [0.2, 0.25) is 0 Å². The van der Waals surface area contributed by atoms with Crippen molar-refractivity contribution in [2.75, 3.05) is 19.4 Å². The van der Waals surface area contributed by atoms with E-state index >= 15 is 0 Å². The topological polar surface area (TPSA) is 88.6 Å².